The summed E-state index contributed by atoms with van der Waals surface area (Å²) in [5.41, 5.74) is 0. The van der Waals surface area contributed by atoms with E-state index in [0.29, 0.717) is 0 Å². The van der Waals surface area contributed by atoms with E-state index in [9.17, 15) is 0 Å². The van der Waals surface area contributed by atoms with E-state index in [0.717, 1.165) is 12.0 Å². The van der Waals surface area contributed by atoms with Gasteiger partial charge in [-0.1, -0.05) is 13.8 Å². The van der Waals surface area contributed by atoms with Gasteiger partial charge in [0.15, 0.2) is 0 Å². The predicted molar refractivity (Wildman–Crippen MR) is 45.1 cm³/mol. The highest BCUT2D eigenvalue weighted by Gasteiger charge is 2.20. The summed E-state index contributed by atoms with van der Waals surface area (Å²) in [4.78, 5) is 2.51. The first-order valence-electron chi connectivity index (χ1n) is 4.44. The van der Waals surface area contributed by atoms with Gasteiger partial charge in [0.1, 0.15) is 0 Å². The highest BCUT2D eigenvalue weighted by Crippen LogP contribution is 2.21. The van der Waals surface area contributed by atoms with Crippen LogP contribution in [0.1, 0.15) is 33.1 Å². The third-order valence-electron chi connectivity index (χ3n) is 2.69. The maximum absolute atomic E-state index is 2.51. The summed E-state index contributed by atoms with van der Waals surface area (Å²) in [6.45, 7) is 5.94. The van der Waals surface area contributed by atoms with Crippen molar-refractivity contribution >= 4 is 0 Å². The minimum Gasteiger partial charge on any atom is -0.303 e. The lowest BCUT2D eigenvalue weighted by atomic mass is 9.93. The Kier molecular flexibility index (Phi) is 2.72. The van der Waals surface area contributed by atoms with Crippen LogP contribution < -0.4 is 0 Å². The number of hydrogen-bond donors (Lipinski definition) is 0. The lowest BCUT2D eigenvalue weighted by molar-refractivity contribution is 0.142. The average molecular weight is 141 g/mol. The van der Waals surface area contributed by atoms with E-state index in [2.05, 4.69) is 25.8 Å². The zero-order valence-electron chi connectivity index (χ0n) is 7.43. The smallest absolute Gasteiger partial charge is 0.00898 e. The van der Waals surface area contributed by atoms with Gasteiger partial charge in [0.05, 0.1) is 0 Å². The van der Waals surface area contributed by atoms with Crippen molar-refractivity contribution in [3.05, 3.63) is 0 Å². The third kappa shape index (κ3) is 1.72. The van der Waals surface area contributed by atoms with Crippen molar-refractivity contribution in [3.8, 4) is 0 Å². The van der Waals surface area contributed by atoms with Crippen LogP contribution in [0.15, 0.2) is 0 Å². The summed E-state index contributed by atoms with van der Waals surface area (Å²) >= 11 is 0. The van der Waals surface area contributed by atoms with Crippen LogP contribution in [0.2, 0.25) is 0 Å². The zero-order chi connectivity index (χ0) is 7.56. The molecule has 0 saturated carbocycles. The Hall–Kier alpha value is -0.0400. The first-order chi connectivity index (χ1) is 4.74. The van der Waals surface area contributed by atoms with Crippen LogP contribution in [0.3, 0.4) is 0 Å². The molecule has 2 unspecified atom stereocenters. The quantitative estimate of drug-likeness (QED) is 0.540. The Bertz CT molecular complexity index is 101. The first-order valence-corrected chi connectivity index (χ1v) is 4.44. The Balaban J connectivity index is 2.36. The summed E-state index contributed by atoms with van der Waals surface area (Å²) in [7, 11) is 2.25. The molecule has 0 radical (unpaired) electrons. The van der Waals surface area contributed by atoms with Gasteiger partial charge >= 0.3 is 0 Å². The van der Waals surface area contributed by atoms with Crippen molar-refractivity contribution < 1.29 is 0 Å². The second-order valence-corrected chi connectivity index (χ2v) is 3.68. The molecule has 1 heteroatoms. The van der Waals surface area contributed by atoms with Gasteiger partial charge in [0.25, 0.3) is 0 Å². The van der Waals surface area contributed by atoms with Gasteiger partial charge in [-0.05, 0) is 32.2 Å². The molecular weight excluding hydrogens is 122 g/mol. The number of likely N-dealkylation sites (tertiary alicyclic amines) is 1. The van der Waals surface area contributed by atoms with E-state index in [4.69, 9.17) is 0 Å². The van der Waals surface area contributed by atoms with Crippen LogP contribution in [0.5, 0.6) is 0 Å². The van der Waals surface area contributed by atoms with Crippen molar-refractivity contribution in [1.29, 1.82) is 0 Å². The number of hydrogen-bond acceptors (Lipinski definition) is 1. The normalized spacial score (nSPS) is 36.3. The molecule has 1 saturated heterocycles. The van der Waals surface area contributed by atoms with Gasteiger partial charge in [0.2, 0.25) is 0 Å². The highest BCUT2D eigenvalue weighted by atomic mass is 15.1. The molecule has 0 spiro atoms. The fourth-order valence-electron chi connectivity index (χ4n) is 1.95. The van der Waals surface area contributed by atoms with Crippen LogP contribution in [-0.4, -0.2) is 24.5 Å². The molecule has 1 heterocycles. The summed E-state index contributed by atoms with van der Waals surface area (Å²) in [5, 5.41) is 0. The standard InChI is InChI=1S/C9H19N/c1-4-9-6-5-8(2)7-10(9)3/h8-9H,4-7H2,1-3H3. The van der Waals surface area contributed by atoms with E-state index in [1.54, 1.807) is 0 Å². The van der Waals surface area contributed by atoms with Gasteiger partial charge in [-0.3, -0.25) is 0 Å². The molecule has 0 aliphatic carbocycles. The Morgan fingerprint density at radius 1 is 1.40 bits per heavy atom. The molecule has 0 bridgehead atoms. The summed E-state index contributed by atoms with van der Waals surface area (Å²) in [6.07, 6.45) is 4.17. The summed E-state index contributed by atoms with van der Waals surface area (Å²) in [5.74, 6) is 0.924. The van der Waals surface area contributed by atoms with Crippen molar-refractivity contribution in [2.45, 2.75) is 39.2 Å². The number of nitrogens with zero attached hydrogens (tertiary/aromatic N) is 1. The van der Waals surface area contributed by atoms with Crippen LogP contribution >= 0.6 is 0 Å². The Labute approximate surface area is 64.4 Å². The van der Waals surface area contributed by atoms with Gasteiger partial charge in [0, 0.05) is 12.6 Å². The second-order valence-electron chi connectivity index (χ2n) is 3.68. The van der Waals surface area contributed by atoms with E-state index in [1.807, 2.05) is 0 Å². The van der Waals surface area contributed by atoms with Crippen LogP contribution in [-0.2, 0) is 0 Å². The largest absolute Gasteiger partial charge is 0.303 e. The molecule has 1 rings (SSSR count). The molecule has 0 N–H and O–H groups in total. The maximum Gasteiger partial charge on any atom is 0.00898 e. The molecule has 0 aromatic carbocycles. The third-order valence-corrected chi connectivity index (χ3v) is 2.69. The maximum atomic E-state index is 2.51. The lowest BCUT2D eigenvalue weighted by Crippen LogP contribution is -2.39. The Morgan fingerprint density at radius 3 is 2.60 bits per heavy atom. The predicted octanol–water partition coefficient (Wildman–Crippen LogP) is 2.13. The number of piperidine rings is 1. The van der Waals surface area contributed by atoms with Crippen LogP contribution in [0.4, 0.5) is 0 Å². The Morgan fingerprint density at radius 2 is 2.10 bits per heavy atom. The lowest BCUT2D eigenvalue weighted by Gasteiger charge is -2.35. The molecule has 1 nitrogen and oxygen atoms in total. The van der Waals surface area contributed by atoms with Gasteiger partial charge < -0.3 is 4.90 Å². The minimum atomic E-state index is 0.871. The van der Waals surface area contributed by atoms with Crippen molar-refractivity contribution in [2.75, 3.05) is 13.6 Å². The van der Waals surface area contributed by atoms with Gasteiger partial charge in [-0.25, -0.2) is 0 Å². The molecule has 1 aliphatic rings. The van der Waals surface area contributed by atoms with Gasteiger partial charge in [-0.2, -0.15) is 0 Å². The zero-order valence-corrected chi connectivity index (χ0v) is 7.43. The highest BCUT2D eigenvalue weighted by molar-refractivity contribution is 4.75. The van der Waals surface area contributed by atoms with E-state index in [1.165, 1.54) is 25.8 Å². The second kappa shape index (κ2) is 3.38. The van der Waals surface area contributed by atoms with Gasteiger partial charge in [-0.15, -0.1) is 0 Å². The minimum absolute atomic E-state index is 0.871. The molecule has 10 heavy (non-hydrogen) atoms. The van der Waals surface area contributed by atoms with Crippen molar-refractivity contribution in [1.82, 2.24) is 4.90 Å². The van der Waals surface area contributed by atoms with Crippen LogP contribution in [0.25, 0.3) is 0 Å². The average Bonchev–Trinajstić information content (AvgIpc) is 1.88. The van der Waals surface area contributed by atoms with E-state index in [-0.39, 0.29) is 0 Å². The molecule has 1 fully saturated rings. The van der Waals surface area contributed by atoms with Crippen LogP contribution in [0, 0.1) is 5.92 Å². The molecular formula is C9H19N. The first kappa shape index (κ1) is 8.06. The molecule has 0 aromatic rings. The molecule has 1 aliphatic heterocycles. The molecule has 0 aromatic heterocycles. The monoisotopic (exact) mass is 141 g/mol. The summed E-state index contributed by atoms with van der Waals surface area (Å²) < 4.78 is 0. The number of rotatable bonds is 1. The van der Waals surface area contributed by atoms with E-state index >= 15 is 0 Å². The SMILES string of the molecule is CCC1CCC(C)CN1C. The fourth-order valence-corrected chi connectivity index (χ4v) is 1.95. The van der Waals surface area contributed by atoms with Crippen molar-refractivity contribution in [2.24, 2.45) is 5.92 Å². The fraction of sp³-hybridized carbons (Fsp3) is 1.00. The van der Waals surface area contributed by atoms with E-state index < -0.39 is 0 Å². The molecule has 0 amide bonds. The molecule has 60 valence electrons. The topological polar surface area (TPSA) is 3.24 Å². The van der Waals surface area contributed by atoms with Crippen molar-refractivity contribution in [3.63, 3.8) is 0 Å². The summed E-state index contributed by atoms with van der Waals surface area (Å²) in [6, 6.07) is 0.871. The molecule has 2 atom stereocenters.